The summed E-state index contributed by atoms with van der Waals surface area (Å²) < 4.78 is 25.4. The molecule has 0 bridgehead atoms. The maximum absolute atomic E-state index is 11.5. The van der Waals surface area contributed by atoms with Crippen molar-refractivity contribution in [3.8, 4) is 17.9 Å². The van der Waals surface area contributed by atoms with Crippen molar-refractivity contribution in [1.82, 2.24) is 0 Å². The third-order valence-corrected chi connectivity index (χ3v) is 3.36. The number of nitrogens with zero attached hydrogens (tertiary/aromatic N) is 1. The van der Waals surface area contributed by atoms with Crippen LogP contribution in [0, 0.1) is 23.2 Å². The number of benzene rings is 1. The first-order chi connectivity index (χ1) is 9.02. The molecule has 2 N–H and O–H groups in total. The standard InChI is InChI=1S/C13H14N2O3S/c1-2-12-10-11(4-3-8-16)5-6-13(12)15-19(17,18)9-7-14/h5-6,10,15-16H,2,8-9H2,1H3. The number of hydrogen-bond acceptors (Lipinski definition) is 4. The number of nitriles is 1. The van der Waals surface area contributed by atoms with Crippen LogP contribution in [0.5, 0.6) is 0 Å². The normalized spacial score (nSPS) is 10.2. The van der Waals surface area contributed by atoms with Gasteiger partial charge in [0.05, 0.1) is 11.8 Å². The van der Waals surface area contributed by atoms with Gasteiger partial charge in [0.1, 0.15) is 6.61 Å². The Kier molecular flexibility index (Phi) is 5.37. The van der Waals surface area contributed by atoms with Gasteiger partial charge in [-0.3, -0.25) is 4.72 Å². The molecule has 0 aliphatic rings. The number of aryl methyl sites for hydroxylation is 1. The second-order valence-corrected chi connectivity index (χ2v) is 5.43. The van der Waals surface area contributed by atoms with E-state index in [1.54, 1.807) is 24.3 Å². The molecule has 1 rings (SSSR count). The molecular weight excluding hydrogens is 264 g/mol. The first-order valence-corrected chi connectivity index (χ1v) is 7.27. The average molecular weight is 278 g/mol. The van der Waals surface area contributed by atoms with Crippen LogP contribution >= 0.6 is 0 Å². The minimum Gasteiger partial charge on any atom is -0.384 e. The van der Waals surface area contributed by atoms with Crippen molar-refractivity contribution >= 4 is 15.7 Å². The Bertz CT molecular complexity index is 649. The molecule has 19 heavy (non-hydrogen) atoms. The Morgan fingerprint density at radius 2 is 2.16 bits per heavy atom. The zero-order valence-corrected chi connectivity index (χ0v) is 11.3. The Balaban J connectivity index is 3.07. The number of rotatable bonds is 4. The second-order valence-electron chi connectivity index (χ2n) is 3.70. The monoisotopic (exact) mass is 278 g/mol. The molecule has 0 heterocycles. The van der Waals surface area contributed by atoms with Gasteiger partial charge in [-0.2, -0.15) is 5.26 Å². The molecular formula is C13H14N2O3S. The molecule has 0 aliphatic heterocycles. The van der Waals surface area contributed by atoms with E-state index in [-0.39, 0.29) is 6.61 Å². The molecule has 1 aromatic carbocycles. The van der Waals surface area contributed by atoms with Crippen molar-refractivity contribution in [2.45, 2.75) is 13.3 Å². The largest absolute Gasteiger partial charge is 0.384 e. The van der Waals surface area contributed by atoms with Crippen molar-refractivity contribution in [1.29, 1.82) is 5.26 Å². The van der Waals surface area contributed by atoms with Gasteiger partial charge in [-0.1, -0.05) is 18.8 Å². The molecule has 0 amide bonds. The highest BCUT2D eigenvalue weighted by Crippen LogP contribution is 2.19. The van der Waals surface area contributed by atoms with Crippen LogP contribution in [0.25, 0.3) is 0 Å². The fraction of sp³-hybridized carbons (Fsp3) is 0.308. The molecule has 100 valence electrons. The number of sulfonamides is 1. The predicted molar refractivity (Wildman–Crippen MR) is 72.8 cm³/mol. The van der Waals surface area contributed by atoms with E-state index in [9.17, 15) is 8.42 Å². The van der Waals surface area contributed by atoms with Crippen molar-refractivity contribution < 1.29 is 13.5 Å². The van der Waals surface area contributed by atoms with Crippen molar-refractivity contribution in [2.75, 3.05) is 17.1 Å². The van der Waals surface area contributed by atoms with Gasteiger partial charge < -0.3 is 5.11 Å². The average Bonchev–Trinajstić information content (AvgIpc) is 2.37. The molecule has 5 nitrogen and oxygen atoms in total. The van der Waals surface area contributed by atoms with Gasteiger partial charge in [-0.25, -0.2) is 8.42 Å². The molecule has 0 radical (unpaired) electrons. The van der Waals surface area contributed by atoms with E-state index in [4.69, 9.17) is 10.4 Å². The number of hydrogen-bond donors (Lipinski definition) is 2. The SMILES string of the molecule is CCc1cc(C#CCO)ccc1NS(=O)(=O)CC#N. The number of aliphatic hydroxyl groups excluding tert-OH is 1. The summed E-state index contributed by atoms with van der Waals surface area (Å²) in [5, 5.41) is 17.1. The van der Waals surface area contributed by atoms with Gasteiger partial charge in [0.2, 0.25) is 10.0 Å². The van der Waals surface area contributed by atoms with Gasteiger partial charge in [-0.15, -0.1) is 0 Å². The van der Waals surface area contributed by atoms with Crippen LogP contribution in [0.15, 0.2) is 18.2 Å². The first kappa shape index (κ1) is 15.0. The Hall–Kier alpha value is -2.02. The van der Waals surface area contributed by atoms with Crippen LogP contribution in [-0.4, -0.2) is 25.9 Å². The van der Waals surface area contributed by atoms with Gasteiger partial charge in [0.15, 0.2) is 5.75 Å². The molecule has 0 spiro atoms. The summed E-state index contributed by atoms with van der Waals surface area (Å²) in [6, 6.07) is 6.63. The fourth-order valence-electron chi connectivity index (χ4n) is 1.49. The highest BCUT2D eigenvalue weighted by Gasteiger charge is 2.11. The highest BCUT2D eigenvalue weighted by atomic mass is 32.2. The first-order valence-electron chi connectivity index (χ1n) is 5.62. The van der Waals surface area contributed by atoms with Crippen LogP contribution in [0.2, 0.25) is 0 Å². The Morgan fingerprint density at radius 1 is 1.42 bits per heavy atom. The summed E-state index contributed by atoms with van der Waals surface area (Å²) in [4.78, 5) is 0. The highest BCUT2D eigenvalue weighted by molar-refractivity contribution is 7.92. The molecule has 0 aliphatic carbocycles. The smallest absolute Gasteiger partial charge is 0.246 e. The molecule has 0 saturated heterocycles. The fourth-order valence-corrected chi connectivity index (χ4v) is 2.27. The number of aliphatic hydroxyl groups is 1. The summed E-state index contributed by atoms with van der Waals surface area (Å²) in [6.45, 7) is 1.67. The molecule has 0 fully saturated rings. The Morgan fingerprint density at radius 3 is 2.74 bits per heavy atom. The topological polar surface area (TPSA) is 90.2 Å². The third-order valence-electron chi connectivity index (χ3n) is 2.32. The summed E-state index contributed by atoms with van der Waals surface area (Å²) >= 11 is 0. The summed E-state index contributed by atoms with van der Waals surface area (Å²) in [5.74, 6) is 4.70. The van der Waals surface area contributed by atoms with Crippen molar-refractivity contribution in [2.24, 2.45) is 0 Å². The second kappa shape index (κ2) is 6.79. The van der Waals surface area contributed by atoms with E-state index in [2.05, 4.69) is 16.6 Å². The maximum atomic E-state index is 11.5. The quantitative estimate of drug-likeness (QED) is 0.799. The van der Waals surface area contributed by atoms with Crippen LogP contribution in [-0.2, 0) is 16.4 Å². The summed E-state index contributed by atoms with van der Waals surface area (Å²) in [7, 11) is -3.63. The molecule has 1 aromatic rings. The zero-order chi connectivity index (χ0) is 14.3. The molecule has 0 unspecified atom stereocenters. The number of nitrogens with one attached hydrogen (secondary N) is 1. The molecule has 6 heteroatoms. The zero-order valence-electron chi connectivity index (χ0n) is 10.5. The molecule has 0 saturated carbocycles. The lowest BCUT2D eigenvalue weighted by molar-refractivity contribution is 0.350. The summed E-state index contributed by atoms with van der Waals surface area (Å²) in [5.41, 5.74) is 1.94. The van der Waals surface area contributed by atoms with Crippen molar-refractivity contribution in [3.05, 3.63) is 29.3 Å². The maximum Gasteiger partial charge on any atom is 0.246 e. The van der Waals surface area contributed by atoms with Crippen LogP contribution < -0.4 is 4.72 Å². The number of anilines is 1. The van der Waals surface area contributed by atoms with Gasteiger partial charge in [0.25, 0.3) is 0 Å². The van der Waals surface area contributed by atoms with E-state index in [1.807, 2.05) is 6.92 Å². The van der Waals surface area contributed by atoms with E-state index in [0.717, 1.165) is 5.56 Å². The van der Waals surface area contributed by atoms with Crippen LogP contribution in [0.1, 0.15) is 18.1 Å². The van der Waals surface area contributed by atoms with Crippen LogP contribution in [0.4, 0.5) is 5.69 Å². The van der Waals surface area contributed by atoms with Crippen molar-refractivity contribution in [3.63, 3.8) is 0 Å². The molecule has 0 atom stereocenters. The van der Waals surface area contributed by atoms with E-state index in [1.165, 1.54) is 0 Å². The van der Waals surface area contributed by atoms with Crippen LogP contribution in [0.3, 0.4) is 0 Å². The van der Waals surface area contributed by atoms with E-state index < -0.39 is 15.8 Å². The summed E-state index contributed by atoms with van der Waals surface area (Å²) in [6.07, 6.45) is 0.624. The Labute approximate surface area is 112 Å². The predicted octanol–water partition coefficient (Wildman–Crippen LogP) is 0.858. The lowest BCUT2D eigenvalue weighted by Crippen LogP contribution is -2.16. The lowest BCUT2D eigenvalue weighted by Gasteiger charge is -2.10. The van der Waals surface area contributed by atoms with Gasteiger partial charge >= 0.3 is 0 Å². The molecule has 0 aromatic heterocycles. The third kappa shape index (κ3) is 4.63. The van der Waals surface area contributed by atoms with E-state index >= 15 is 0 Å². The lowest BCUT2D eigenvalue weighted by atomic mass is 10.1. The minimum absolute atomic E-state index is 0.224. The van der Waals surface area contributed by atoms with Gasteiger partial charge in [-0.05, 0) is 30.2 Å². The minimum atomic E-state index is -3.63. The van der Waals surface area contributed by atoms with Gasteiger partial charge in [0, 0.05) is 5.56 Å². The van der Waals surface area contributed by atoms with E-state index in [0.29, 0.717) is 17.7 Å².